The molecule has 0 saturated heterocycles. The lowest BCUT2D eigenvalue weighted by Crippen LogP contribution is -2.11. The fourth-order valence-electron chi connectivity index (χ4n) is 3.60. The summed E-state index contributed by atoms with van der Waals surface area (Å²) >= 11 is 6.51. The quantitative estimate of drug-likeness (QED) is 0.254. The van der Waals surface area contributed by atoms with Gasteiger partial charge in [-0.05, 0) is 48.7 Å². The van der Waals surface area contributed by atoms with Gasteiger partial charge in [-0.15, -0.1) is 18.5 Å². The maximum absolute atomic E-state index is 6.51. The Bertz CT molecular complexity index is 1360. The molecule has 2 aromatic heterocycles. The van der Waals surface area contributed by atoms with E-state index >= 15 is 0 Å². The van der Waals surface area contributed by atoms with Crippen molar-refractivity contribution < 1.29 is 9.26 Å². The average molecular weight is 457 g/mol. The molecule has 0 spiro atoms. The third-order valence-corrected chi connectivity index (χ3v) is 6.06. The first-order valence-corrected chi connectivity index (χ1v) is 11.1. The first-order chi connectivity index (χ1) is 16.1. The number of hydrogen-bond donors (Lipinski definition) is 0. The zero-order chi connectivity index (χ0) is 22.8. The molecule has 0 fully saturated rings. The van der Waals surface area contributed by atoms with Gasteiger partial charge >= 0.3 is 0 Å². The number of ether oxygens (including phenoxy) is 1. The highest BCUT2D eigenvalue weighted by Gasteiger charge is 2.26. The van der Waals surface area contributed by atoms with Crippen molar-refractivity contribution in [2.75, 3.05) is 0 Å². The normalized spacial score (nSPS) is 12.1. The van der Waals surface area contributed by atoms with Crippen molar-refractivity contribution in [1.29, 1.82) is 0 Å². The molecule has 2 heterocycles. The monoisotopic (exact) mass is 456 g/mol. The van der Waals surface area contributed by atoms with Crippen LogP contribution in [0.3, 0.4) is 0 Å². The molecule has 3 aromatic carbocycles. The number of aryl methyl sites for hydroxylation is 2. The molecule has 0 aliphatic rings. The predicted octanol–water partition coefficient (Wildman–Crippen LogP) is 6.74. The summed E-state index contributed by atoms with van der Waals surface area (Å²) in [6.07, 6.45) is 3.46. The van der Waals surface area contributed by atoms with E-state index in [0.717, 1.165) is 23.2 Å². The molecule has 5 rings (SSSR count). The van der Waals surface area contributed by atoms with Gasteiger partial charge in [0.2, 0.25) is 11.9 Å². The Morgan fingerprint density at radius 2 is 1.82 bits per heavy atom. The smallest absolute Gasteiger partial charge is 0.272 e. The van der Waals surface area contributed by atoms with E-state index in [9.17, 15) is 0 Å². The summed E-state index contributed by atoms with van der Waals surface area (Å²) in [5, 5.41) is 4.79. The van der Waals surface area contributed by atoms with Crippen molar-refractivity contribution in [3.05, 3.63) is 118 Å². The highest BCUT2D eigenvalue weighted by Crippen LogP contribution is 2.33. The zero-order valence-corrected chi connectivity index (χ0v) is 19.2. The van der Waals surface area contributed by atoms with Crippen LogP contribution in [0.4, 0.5) is 0 Å². The molecule has 33 heavy (non-hydrogen) atoms. The summed E-state index contributed by atoms with van der Waals surface area (Å²) in [7, 11) is 0. The van der Waals surface area contributed by atoms with Crippen molar-refractivity contribution in [2.45, 2.75) is 26.5 Å². The minimum atomic E-state index is -0.630. The maximum atomic E-state index is 6.51. The van der Waals surface area contributed by atoms with E-state index in [1.54, 1.807) is 0 Å². The van der Waals surface area contributed by atoms with Crippen molar-refractivity contribution in [3.63, 3.8) is 0 Å². The average Bonchev–Trinajstić information content (AvgIpc) is 3.28. The Hall–Kier alpha value is -3.70. The van der Waals surface area contributed by atoms with E-state index in [1.165, 1.54) is 11.1 Å². The molecule has 5 aromatic rings. The lowest BCUT2D eigenvalue weighted by Gasteiger charge is -2.18. The first-order valence-electron chi connectivity index (χ1n) is 10.8. The van der Waals surface area contributed by atoms with Gasteiger partial charge in [0.15, 0.2) is 0 Å². The summed E-state index contributed by atoms with van der Waals surface area (Å²) in [6.45, 7) is 4.96. The molecule has 166 valence electrons. The molecular weight excluding hydrogens is 434 g/mol. The molecule has 0 N–H and O–H groups in total. The van der Waals surface area contributed by atoms with Gasteiger partial charge in [0.05, 0.1) is 0 Å². The fourth-order valence-corrected chi connectivity index (χ4v) is 3.83. The van der Waals surface area contributed by atoms with Crippen LogP contribution in [0.25, 0.3) is 11.4 Å². The van der Waals surface area contributed by atoms with E-state index in [0.29, 0.717) is 22.5 Å². The Morgan fingerprint density at radius 1 is 1.03 bits per heavy atom. The minimum absolute atomic E-state index is 0.348. The molecule has 6 heteroatoms. The van der Waals surface area contributed by atoms with Gasteiger partial charge in [0.1, 0.15) is 5.75 Å². The summed E-state index contributed by atoms with van der Waals surface area (Å²) < 4.78 is 14.1. The van der Waals surface area contributed by atoms with Crippen LogP contribution in [0.2, 0.25) is 5.02 Å². The molecule has 0 radical (unpaired) electrons. The third kappa shape index (κ3) is 4.59. The van der Waals surface area contributed by atoms with Crippen molar-refractivity contribution in [2.24, 2.45) is 0 Å². The topological polar surface area (TPSA) is 53.1 Å². The van der Waals surface area contributed by atoms with Gasteiger partial charge in [0, 0.05) is 22.7 Å². The fraction of sp³-hybridized carbons (Fsp3) is 0.148. The lowest BCUT2D eigenvalue weighted by molar-refractivity contribution is 0.193. The van der Waals surface area contributed by atoms with Crippen LogP contribution in [0, 0.1) is 13.8 Å². The van der Waals surface area contributed by atoms with Crippen LogP contribution in [0.1, 0.15) is 34.2 Å². The van der Waals surface area contributed by atoms with Crippen molar-refractivity contribution in [3.8, 4) is 17.1 Å². The van der Waals surface area contributed by atoms with Gasteiger partial charge in [-0.3, -0.25) is 0 Å². The summed E-state index contributed by atoms with van der Waals surface area (Å²) in [6, 6.07) is 23.7. The van der Waals surface area contributed by atoms with E-state index < -0.39 is 6.10 Å². The molecule has 0 bridgehead atoms. The van der Waals surface area contributed by atoms with Gasteiger partial charge in [-0.2, -0.15) is 4.98 Å². The predicted molar refractivity (Wildman–Crippen MR) is 129 cm³/mol. The Morgan fingerprint density at radius 3 is 2.52 bits per heavy atom. The van der Waals surface area contributed by atoms with E-state index in [1.807, 2.05) is 73.1 Å². The summed E-state index contributed by atoms with van der Waals surface area (Å²) in [5.74, 6) is 1.57. The highest BCUT2D eigenvalue weighted by atomic mass is 35.5. The van der Waals surface area contributed by atoms with E-state index in [4.69, 9.17) is 20.9 Å². The highest BCUT2D eigenvalue weighted by molar-refractivity contribution is 6.31. The molecule has 0 amide bonds. The van der Waals surface area contributed by atoms with Crippen LogP contribution < -0.4 is 4.74 Å². The van der Waals surface area contributed by atoms with Gasteiger partial charge in [-0.25, -0.2) is 0 Å². The number of hydrogen-bond acceptors (Lipinski definition) is 4. The molecule has 5 nitrogen and oxygen atoms in total. The second-order valence-corrected chi connectivity index (χ2v) is 8.49. The van der Waals surface area contributed by atoms with Crippen LogP contribution in [-0.4, -0.2) is 14.7 Å². The van der Waals surface area contributed by atoms with Crippen LogP contribution in [0.5, 0.6) is 5.75 Å². The second-order valence-electron chi connectivity index (χ2n) is 8.08. The molecule has 0 aliphatic carbocycles. The number of benzene rings is 3. The molecule has 1 atom stereocenters. The molecular formula is C27H23ClN3O2-. The standard InChI is InChI=1S/C27H23ClN3O2/c1-18-8-13-22(16-19(18)2)32-25(23-6-3-4-7-24(23)28)27-29-26(30-33-27)21-11-9-20(10-12-21)17-31-14-5-15-31/h3-16,25H,17H2,1-2H3/q-1. The largest absolute Gasteiger partial charge is 0.476 e. The lowest BCUT2D eigenvalue weighted by atomic mass is 10.1. The zero-order valence-electron chi connectivity index (χ0n) is 18.4. The van der Waals surface area contributed by atoms with Crippen LogP contribution >= 0.6 is 11.6 Å². The Balaban J connectivity index is 1.45. The SMILES string of the molecule is Cc1ccc(OC(c2nc(-c3ccc(Cn4cc[cH-]4)cc3)no2)c2ccccc2Cl)cc1C. The maximum Gasteiger partial charge on any atom is 0.272 e. The summed E-state index contributed by atoms with van der Waals surface area (Å²) in [5.41, 5.74) is 5.18. The number of halogens is 1. The van der Waals surface area contributed by atoms with Gasteiger partial charge in [0.25, 0.3) is 5.89 Å². The Labute approximate surface area is 197 Å². The Kier molecular flexibility index (Phi) is 5.80. The number of aromatic nitrogens is 3. The van der Waals surface area contributed by atoms with Gasteiger partial charge in [-0.1, -0.05) is 65.3 Å². The second kappa shape index (κ2) is 9.04. The molecule has 0 aliphatic heterocycles. The van der Waals surface area contributed by atoms with Crippen molar-refractivity contribution >= 4 is 11.6 Å². The first kappa shape index (κ1) is 21.2. The minimum Gasteiger partial charge on any atom is -0.476 e. The van der Waals surface area contributed by atoms with Crippen LogP contribution in [0.15, 0.2) is 89.7 Å². The molecule has 0 saturated carbocycles. The molecule has 1 unspecified atom stereocenters. The summed E-state index contributed by atoms with van der Waals surface area (Å²) in [4.78, 5) is 4.66. The number of nitrogens with zero attached hydrogens (tertiary/aromatic N) is 3. The van der Waals surface area contributed by atoms with Crippen molar-refractivity contribution in [1.82, 2.24) is 14.7 Å². The van der Waals surface area contributed by atoms with E-state index in [-0.39, 0.29) is 0 Å². The van der Waals surface area contributed by atoms with Gasteiger partial charge < -0.3 is 13.8 Å². The van der Waals surface area contributed by atoms with E-state index in [2.05, 4.69) is 40.7 Å². The number of rotatable bonds is 7. The third-order valence-electron chi connectivity index (χ3n) is 5.72. The van der Waals surface area contributed by atoms with Crippen LogP contribution in [-0.2, 0) is 6.54 Å².